The van der Waals surface area contributed by atoms with E-state index in [-0.39, 0.29) is 18.3 Å². The third-order valence-corrected chi connectivity index (χ3v) is 8.27. The van der Waals surface area contributed by atoms with Gasteiger partial charge in [0.05, 0.1) is 4.58 Å². The van der Waals surface area contributed by atoms with Crippen molar-refractivity contribution in [2.75, 3.05) is 50.8 Å². The van der Waals surface area contributed by atoms with E-state index in [1.807, 2.05) is 40.6 Å². The predicted molar refractivity (Wildman–Crippen MR) is 110 cm³/mol. The van der Waals surface area contributed by atoms with Gasteiger partial charge in [-0.15, -0.1) is 35.9 Å². The molecule has 0 spiro atoms. The number of hydrogen-bond donors (Lipinski definition) is 1. The van der Waals surface area contributed by atoms with Gasteiger partial charge in [-0.1, -0.05) is 12.1 Å². The average molecular weight is 400 g/mol. The number of piperazine rings is 1. The van der Waals surface area contributed by atoms with Gasteiger partial charge in [0.25, 0.3) is 5.91 Å². The van der Waals surface area contributed by atoms with Crippen LogP contribution in [0.25, 0.3) is 0 Å². The number of hydrogen-bond acceptors (Lipinski definition) is 5. The molecular formula is C18H26ClN3OS2. The number of thioether (sulfide) groups is 2. The Hall–Kier alpha value is -0.400. The van der Waals surface area contributed by atoms with Crippen LogP contribution in [-0.4, -0.2) is 72.5 Å². The fourth-order valence-corrected chi connectivity index (χ4v) is 6.65. The molecule has 0 aromatic heterocycles. The molecule has 4 rings (SSSR count). The molecule has 4 nitrogen and oxygen atoms in total. The number of amides is 1. The van der Waals surface area contributed by atoms with Gasteiger partial charge in [0.15, 0.2) is 0 Å². The van der Waals surface area contributed by atoms with Crippen molar-refractivity contribution in [1.82, 2.24) is 15.1 Å². The molecule has 1 atom stereocenters. The van der Waals surface area contributed by atoms with Crippen molar-refractivity contribution in [2.24, 2.45) is 0 Å². The number of carbonyl (C=O) groups is 1. The minimum atomic E-state index is 0. The van der Waals surface area contributed by atoms with Crippen LogP contribution in [0.3, 0.4) is 0 Å². The molecule has 3 saturated heterocycles. The first kappa shape index (κ1) is 19.4. The second-order valence-electron chi connectivity index (χ2n) is 6.68. The quantitative estimate of drug-likeness (QED) is 0.845. The van der Waals surface area contributed by atoms with E-state index in [0.29, 0.717) is 10.6 Å². The predicted octanol–water partition coefficient (Wildman–Crippen LogP) is 2.71. The van der Waals surface area contributed by atoms with E-state index >= 15 is 0 Å². The second kappa shape index (κ2) is 9.00. The highest BCUT2D eigenvalue weighted by Crippen LogP contribution is 2.45. The first-order valence-electron chi connectivity index (χ1n) is 8.88. The summed E-state index contributed by atoms with van der Waals surface area (Å²) in [7, 11) is 0. The summed E-state index contributed by atoms with van der Waals surface area (Å²) < 4.78 is 0.554. The highest BCUT2D eigenvalue weighted by Gasteiger charge is 2.31. The molecular weight excluding hydrogens is 374 g/mol. The lowest BCUT2D eigenvalue weighted by Crippen LogP contribution is -2.49. The van der Waals surface area contributed by atoms with Crippen molar-refractivity contribution in [1.29, 1.82) is 0 Å². The largest absolute Gasteiger partial charge is 0.337 e. The Balaban J connectivity index is 0.00000182. The van der Waals surface area contributed by atoms with Crippen molar-refractivity contribution in [3.05, 3.63) is 35.4 Å². The van der Waals surface area contributed by atoms with Crippen molar-refractivity contribution >= 4 is 41.8 Å². The third-order valence-electron chi connectivity index (χ3n) is 5.17. The lowest BCUT2D eigenvalue weighted by Gasteiger charge is -2.32. The summed E-state index contributed by atoms with van der Waals surface area (Å²) in [5, 5.41) is 3.40. The molecule has 1 aromatic rings. The number of halogens is 1. The number of rotatable bonds is 3. The Morgan fingerprint density at radius 3 is 2.40 bits per heavy atom. The lowest BCUT2D eigenvalue weighted by molar-refractivity contribution is 0.0773. The Morgan fingerprint density at radius 1 is 1.04 bits per heavy atom. The van der Waals surface area contributed by atoms with Crippen LogP contribution in [0.2, 0.25) is 0 Å². The van der Waals surface area contributed by atoms with Crippen LogP contribution in [-0.2, 0) is 0 Å². The molecule has 3 heterocycles. The number of nitrogens with one attached hydrogen (secondary N) is 1. The number of nitrogens with zero attached hydrogens (tertiary/aromatic N) is 2. The molecule has 0 bridgehead atoms. The van der Waals surface area contributed by atoms with Gasteiger partial charge < -0.3 is 10.2 Å². The smallest absolute Gasteiger partial charge is 0.253 e. The summed E-state index contributed by atoms with van der Waals surface area (Å²) in [6.07, 6.45) is 1.11. The van der Waals surface area contributed by atoms with Gasteiger partial charge in [0, 0.05) is 62.4 Å². The highest BCUT2D eigenvalue weighted by atomic mass is 35.5. The van der Waals surface area contributed by atoms with Gasteiger partial charge in [-0.25, -0.2) is 0 Å². The van der Waals surface area contributed by atoms with Crippen LogP contribution < -0.4 is 5.32 Å². The monoisotopic (exact) mass is 399 g/mol. The fraction of sp³-hybridized carbons (Fsp3) is 0.611. The molecule has 0 radical (unpaired) electrons. The van der Waals surface area contributed by atoms with Crippen molar-refractivity contribution in [2.45, 2.75) is 17.0 Å². The molecule has 1 N–H and O–H groups in total. The zero-order valence-corrected chi connectivity index (χ0v) is 16.8. The van der Waals surface area contributed by atoms with Crippen LogP contribution in [0.4, 0.5) is 0 Å². The van der Waals surface area contributed by atoms with Gasteiger partial charge in [-0.2, -0.15) is 0 Å². The Bertz CT molecular complexity index is 574. The summed E-state index contributed by atoms with van der Waals surface area (Å²) in [4.78, 5) is 17.4. The molecule has 3 aliphatic heterocycles. The first-order valence-corrected chi connectivity index (χ1v) is 11.0. The molecule has 0 saturated carbocycles. The van der Waals surface area contributed by atoms with E-state index in [2.05, 4.69) is 22.3 Å². The Labute approximate surface area is 164 Å². The molecule has 3 aliphatic rings. The zero-order valence-electron chi connectivity index (χ0n) is 14.4. The second-order valence-corrected chi connectivity index (χ2v) is 9.40. The summed E-state index contributed by atoms with van der Waals surface area (Å²) in [6.45, 7) is 6.14. The Morgan fingerprint density at radius 2 is 1.72 bits per heavy atom. The lowest BCUT2D eigenvalue weighted by atomic mass is 10.1. The molecule has 1 aromatic carbocycles. The molecule has 1 amide bonds. The topological polar surface area (TPSA) is 35.6 Å². The fourth-order valence-electron chi connectivity index (χ4n) is 3.79. The number of likely N-dealkylation sites (tertiary alicyclic amines) is 1. The van der Waals surface area contributed by atoms with Crippen molar-refractivity contribution in [3.8, 4) is 0 Å². The minimum Gasteiger partial charge on any atom is -0.337 e. The SMILES string of the molecule is Cl.O=C(c1ccc(C2SCCS2)cc1)N1CCC(N2CCNCC2)C1. The standard InChI is InChI=1S/C18H25N3OS2.ClH/c22-17(14-1-3-15(4-2-14)18-23-11-12-24-18)21-8-5-16(13-21)20-9-6-19-7-10-20;/h1-4,16,18-19H,5-13H2;1H. The molecule has 138 valence electrons. The zero-order chi connectivity index (χ0) is 16.4. The first-order chi connectivity index (χ1) is 11.8. The summed E-state index contributed by atoms with van der Waals surface area (Å²) in [6, 6.07) is 8.88. The summed E-state index contributed by atoms with van der Waals surface area (Å²) in [5.74, 6) is 2.67. The van der Waals surface area contributed by atoms with E-state index < -0.39 is 0 Å². The summed E-state index contributed by atoms with van der Waals surface area (Å²) >= 11 is 4.02. The normalized spacial score (nSPS) is 25.1. The molecule has 0 aliphatic carbocycles. The van der Waals surface area contributed by atoms with E-state index in [1.54, 1.807) is 0 Å². The van der Waals surface area contributed by atoms with Gasteiger partial charge in [0.1, 0.15) is 0 Å². The molecule has 1 unspecified atom stereocenters. The number of benzene rings is 1. The van der Waals surface area contributed by atoms with Crippen LogP contribution in [0.5, 0.6) is 0 Å². The minimum absolute atomic E-state index is 0. The van der Waals surface area contributed by atoms with Crippen LogP contribution in [0.1, 0.15) is 26.9 Å². The van der Waals surface area contributed by atoms with Crippen LogP contribution in [0, 0.1) is 0 Å². The van der Waals surface area contributed by atoms with Gasteiger partial charge in [-0.05, 0) is 24.1 Å². The maximum absolute atomic E-state index is 12.8. The molecule has 25 heavy (non-hydrogen) atoms. The molecule has 3 fully saturated rings. The Kier molecular flexibility index (Phi) is 6.97. The van der Waals surface area contributed by atoms with Gasteiger partial charge >= 0.3 is 0 Å². The molecule has 7 heteroatoms. The van der Waals surface area contributed by atoms with Crippen LogP contribution in [0.15, 0.2) is 24.3 Å². The van der Waals surface area contributed by atoms with E-state index in [4.69, 9.17) is 0 Å². The van der Waals surface area contributed by atoms with Gasteiger partial charge in [-0.3, -0.25) is 9.69 Å². The van der Waals surface area contributed by atoms with E-state index in [1.165, 1.54) is 17.1 Å². The van der Waals surface area contributed by atoms with Crippen molar-refractivity contribution in [3.63, 3.8) is 0 Å². The van der Waals surface area contributed by atoms with Gasteiger partial charge in [0.2, 0.25) is 0 Å². The maximum Gasteiger partial charge on any atom is 0.253 e. The van der Waals surface area contributed by atoms with E-state index in [0.717, 1.165) is 51.3 Å². The summed E-state index contributed by atoms with van der Waals surface area (Å²) in [5.41, 5.74) is 2.19. The maximum atomic E-state index is 12.8. The third kappa shape index (κ3) is 4.48. The van der Waals surface area contributed by atoms with Crippen LogP contribution >= 0.6 is 35.9 Å². The van der Waals surface area contributed by atoms with E-state index in [9.17, 15) is 4.79 Å². The van der Waals surface area contributed by atoms with Crippen molar-refractivity contribution < 1.29 is 4.79 Å². The highest BCUT2D eigenvalue weighted by molar-refractivity contribution is 8.19. The average Bonchev–Trinajstić information content (AvgIpc) is 3.34. The number of carbonyl (C=O) groups excluding carboxylic acids is 1.